The lowest BCUT2D eigenvalue weighted by Crippen LogP contribution is -2.39. The number of nitrogens with zero attached hydrogens (tertiary/aromatic N) is 4. The van der Waals surface area contributed by atoms with Gasteiger partial charge in [0.2, 0.25) is 0 Å². The number of rotatable bonds is 3. The number of hydrogen-bond acceptors (Lipinski definition) is 5. The average Bonchev–Trinajstić information content (AvgIpc) is 3.11. The van der Waals surface area contributed by atoms with Crippen LogP contribution in [0.15, 0.2) is 36.7 Å². The van der Waals surface area contributed by atoms with Crippen LogP contribution in [0.1, 0.15) is 39.8 Å². The molecule has 0 radical (unpaired) electrons. The Balaban J connectivity index is 1.82. The van der Waals surface area contributed by atoms with Crippen molar-refractivity contribution in [2.75, 3.05) is 13.7 Å². The SMILES string of the molecule is Cc1nc(C(=O)N(C)[C@H]2CCO[C@@H]2c2cccnc2)ccc1C#N. The van der Waals surface area contributed by atoms with E-state index in [1.807, 2.05) is 12.1 Å². The highest BCUT2D eigenvalue weighted by atomic mass is 16.5. The summed E-state index contributed by atoms with van der Waals surface area (Å²) in [4.78, 5) is 22.8. The van der Waals surface area contributed by atoms with Gasteiger partial charge in [0.05, 0.1) is 17.3 Å². The first-order chi connectivity index (χ1) is 11.6. The van der Waals surface area contributed by atoms with E-state index in [0.717, 1.165) is 12.0 Å². The lowest BCUT2D eigenvalue weighted by molar-refractivity contribution is 0.0510. The van der Waals surface area contributed by atoms with Crippen molar-refractivity contribution in [1.29, 1.82) is 5.26 Å². The maximum Gasteiger partial charge on any atom is 0.272 e. The summed E-state index contributed by atoms with van der Waals surface area (Å²) in [5.74, 6) is -0.174. The van der Waals surface area contributed by atoms with Gasteiger partial charge in [0.15, 0.2) is 0 Å². The number of amides is 1. The summed E-state index contributed by atoms with van der Waals surface area (Å²) in [6.45, 7) is 2.33. The summed E-state index contributed by atoms with van der Waals surface area (Å²) in [6.07, 6.45) is 4.06. The van der Waals surface area contributed by atoms with Crippen LogP contribution >= 0.6 is 0 Å². The molecule has 0 aliphatic carbocycles. The molecule has 0 aromatic carbocycles. The van der Waals surface area contributed by atoms with Crippen molar-refractivity contribution in [2.45, 2.75) is 25.5 Å². The minimum atomic E-state index is -0.188. The smallest absolute Gasteiger partial charge is 0.272 e. The zero-order valence-electron chi connectivity index (χ0n) is 13.6. The molecule has 6 heteroatoms. The van der Waals surface area contributed by atoms with Crippen LogP contribution < -0.4 is 0 Å². The Bertz CT molecular complexity index is 785. The number of carbonyl (C=O) groups excluding carboxylic acids is 1. The van der Waals surface area contributed by atoms with Gasteiger partial charge >= 0.3 is 0 Å². The van der Waals surface area contributed by atoms with E-state index in [4.69, 9.17) is 10.00 Å². The Labute approximate surface area is 140 Å². The Hall–Kier alpha value is -2.78. The first-order valence-corrected chi connectivity index (χ1v) is 7.78. The van der Waals surface area contributed by atoms with Gasteiger partial charge in [-0.1, -0.05) is 6.07 Å². The molecular weight excluding hydrogens is 304 g/mol. The molecule has 2 aromatic heterocycles. The molecule has 3 rings (SSSR count). The Morgan fingerprint density at radius 2 is 2.25 bits per heavy atom. The predicted molar refractivity (Wildman–Crippen MR) is 87.1 cm³/mol. The van der Waals surface area contributed by atoms with Crippen LogP contribution in [0.25, 0.3) is 0 Å². The summed E-state index contributed by atoms with van der Waals surface area (Å²) < 4.78 is 5.82. The van der Waals surface area contributed by atoms with Crippen molar-refractivity contribution >= 4 is 5.91 Å². The van der Waals surface area contributed by atoms with E-state index in [1.54, 1.807) is 43.4 Å². The van der Waals surface area contributed by atoms with Crippen molar-refractivity contribution in [3.8, 4) is 6.07 Å². The topological polar surface area (TPSA) is 79.1 Å². The normalized spacial score (nSPS) is 19.7. The summed E-state index contributed by atoms with van der Waals surface area (Å²) in [6, 6.07) is 9.04. The summed E-state index contributed by atoms with van der Waals surface area (Å²) in [5, 5.41) is 8.98. The molecule has 0 spiro atoms. The molecule has 2 aromatic rings. The quantitative estimate of drug-likeness (QED) is 0.866. The molecule has 0 bridgehead atoms. The lowest BCUT2D eigenvalue weighted by Gasteiger charge is -2.28. The zero-order chi connectivity index (χ0) is 17.1. The molecule has 1 aliphatic heterocycles. The standard InChI is InChI=1S/C18H18N4O2/c1-12-13(10-19)5-6-15(21-12)18(23)22(2)16-7-9-24-17(16)14-4-3-8-20-11-14/h3-6,8,11,16-17H,7,9H2,1-2H3/t16-,17+/m0/s1. The second-order valence-corrected chi connectivity index (χ2v) is 5.79. The Morgan fingerprint density at radius 1 is 1.42 bits per heavy atom. The van der Waals surface area contributed by atoms with Crippen LogP contribution in [0.3, 0.4) is 0 Å². The average molecular weight is 322 g/mol. The number of ether oxygens (including phenoxy) is 1. The fraction of sp³-hybridized carbons (Fsp3) is 0.333. The molecule has 0 unspecified atom stereocenters. The van der Waals surface area contributed by atoms with E-state index in [0.29, 0.717) is 23.6 Å². The number of nitriles is 1. The number of hydrogen-bond donors (Lipinski definition) is 0. The van der Waals surface area contributed by atoms with Gasteiger partial charge in [-0.15, -0.1) is 0 Å². The number of aromatic nitrogens is 2. The minimum absolute atomic E-state index is 0.0700. The van der Waals surface area contributed by atoms with Gasteiger partial charge < -0.3 is 9.64 Å². The molecule has 24 heavy (non-hydrogen) atoms. The van der Waals surface area contributed by atoms with Crippen molar-refractivity contribution in [3.63, 3.8) is 0 Å². The van der Waals surface area contributed by atoms with Gasteiger partial charge in [-0.3, -0.25) is 9.78 Å². The number of likely N-dealkylation sites (N-methyl/N-ethyl adjacent to an activating group) is 1. The predicted octanol–water partition coefficient (Wildman–Crippen LogP) is 2.26. The fourth-order valence-corrected chi connectivity index (χ4v) is 2.97. The van der Waals surface area contributed by atoms with Crippen molar-refractivity contribution < 1.29 is 9.53 Å². The summed E-state index contributed by atoms with van der Waals surface area (Å²) >= 11 is 0. The van der Waals surface area contributed by atoms with Crippen molar-refractivity contribution in [1.82, 2.24) is 14.9 Å². The van der Waals surface area contributed by atoms with Crippen LogP contribution in [-0.2, 0) is 4.74 Å². The van der Waals surface area contributed by atoms with Gasteiger partial charge in [0.25, 0.3) is 5.91 Å². The van der Waals surface area contributed by atoms with Gasteiger partial charge in [-0.05, 0) is 31.5 Å². The van der Waals surface area contributed by atoms with Crippen LogP contribution in [-0.4, -0.2) is 40.5 Å². The van der Waals surface area contributed by atoms with Crippen molar-refractivity contribution in [3.05, 3.63) is 59.2 Å². The molecule has 6 nitrogen and oxygen atoms in total. The highest BCUT2D eigenvalue weighted by Gasteiger charge is 2.35. The van der Waals surface area contributed by atoms with E-state index < -0.39 is 0 Å². The minimum Gasteiger partial charge on any atom is -0.371 e. The summed E-state index contributed by atoms with van der Waals surface area (Å²) in [5.41, 5.74) is 2.34. The number of pyridine rings is 2. The molecule has 1 saturated heterocycles. The molecule has 1 aliphatic rings. The third-order valence-corrected chi connectivity index (χ3v) is 4.32. The molecule has 1 amide bonds. The van der Waals surface area contributed by atoms with E-state index in [-0.39, 0.29) is 18.1 Å². The summed E-state index contributed by atoms with van der Waals surface area (Å²) in [7, 11) is 1.76. The highest BCUT2D eigenvalue weighted by molar-refractivity contribution is 5.92. The second kappa shape index (κ2) is 6.77. The first-order valence-electron chi connectivity index (χ1n) is 7.78. The lowest BCUT2D eigenvalue weighted by atomic mass is 10.0. The Morgan fingerprint density at radius 3 is 2.92 bits per heavy atom. The zero-order valence-corrected chi connectivity index (χ0v) is 13.6. The van der Waals surface area contributed by atoms with Crippen LogP contribution in [0.5, 0.6) is 0 Å². The first kappa shape index (κ1) is 16.1. The molecule has 0 N–H and O–H groups in total. The van der Waals surface area contributed by atoms with E-state index in [9.17, 15) is 4.79 Å². The van der Waals surface area contributed by atoms with Crippen LogP contribution in [0, 0.1) is 18.3 Å². The van der Waals surface area contributed by atoms with Gasteiger partial charge in [-0.25, -0.2) is 4.98 Å². The Kier molecular flexibility index (Phi) is 4.54. The monoisotopic (exact) mass is 322 g/mol. The van der Waals surface area contributed by atoms with Crippen LogP contribution in [0.2, 0.25) is 0 Å². The highest BCUT2D eigenvalue weighted by Crippen LogP contribution is 2.32. The van der Waals surface area contributed by atoms with Crippen molar-refractivity contribution in [2.24, 2.45) is 0 Å². The van der Waals surface area contributed by atoms with Gasteiger partial charge in [0, 0.05) is 31.6 Å². The third kappa shape index (κ3) is 2.99. The molecular formula is C18H18N4O2. The van der Waals surface area contributed by atoms with Gasteiger partial charge in [-0.2, -0.15) is 5.26 Å². The maximum atomic E-state index is 12.8. The molecule has 1 fully saturated rings. The largest absolute Gasteiger partial charge is 0.371 e. The van der Waals surface area contributed by atoms with Gasteiger partial charge in [0.1, 0.15) is 17.9 Å². The molecule has 122 valence electrons. The number of aryl methyl sites for hydroxylation is 1. The fourth-order valence-electron chi connectivity index (χ4n) is 2.97. The molecule has 0 saturated carbocycles. The second-order valence-electron chi connectivity index (χ2n) is 5.79. The van der Waals surface area contributed by atoms with E-state index >= 15 is 0 Å². The van der Waals surface area contributed by atoms with Crippen LogP contribution in [0.4, 0.5) is 0 Å². The maximum absolute atomic E-state index is 12.8. The van der Waals surface area contributed by atoms with E-state index in [1.165, 1.54) is 0 Å². The molecule has 2 atom stereocenters. The molecule has 3 heterocycles. The number of carbonyl (C=O) groups is 1. The third-order valence-electron chi connectivity index (χ3n) is 4.32. The van der Waals surface area contributed by atoms with E-state index in [2.05, 4.69) is 16.0 Å².